The standard InChI is InChI=1S/C19H31ClN4O2S/c1-19(2,9-14-27(4,25)26)15-22-18(21-3)24-12-10-23(11-13-24)17-8-6-5-7-16(17)20/h5-8H,9-15H2,1-4H3,(H,21,22). The first kappa shape index (κ1) is 21.8. The molecule has 0 amide bonds. The number of nitrogens with one attached hydrogen (secondary N) is 1. The Labute approximate surface area is 168 Å². The van der Waals surface area contributed by atoms with Gasteiger partial charge in [-0.3, -0.25) is 4.99 Å². The first-order valence-electron chi connectivity index (χ1n) is 9.24. The Morgan fingerprint density at radius 2 is 1.85 bits per heavy atom. The number of para-hydroxylation sites is 1. The summed E-state index contributed by atoms with van der Waals surface area (Å²) in [6.07, 6.45) is 1.91. The number of aliphatic imine (C=N–C) groups is 1. The maximum atomic E-state index is 11.4. The molecule has 1 N–H and O–H groups in total. The van der Waals surface area contributed by atoms with Gasteiger partial charge in [0.25, 0.3) is 0 Å². The summed E-state index contributed by atoms with van der Waals surface area (Å²) >= 11 is 6.31. The molecule has 0 spiro atoms. The normalized spacial score (nSPS) is 16.6. The molecule has 1 heterocycles. The van der Waals surface area contributed by atoms with Gasteiger partial charge < -0.3 is 15.1 Å². The molecule has 0 radical (unpaired) electrons. The van der Waals surface area contributed by atoms with Crippen LogP contribution in [0.2, 0.25) is 5.02 Å². The first-order chi connectivity index (χ1) is 12.6. The molecule has 1 aromatic rings. The third-order valence-corrected chi connectivity index (χ3v) is 6.12. The highest BCUT2D eigenvalue weighted by molar-refractivity contribution is 7.90. The van der Waals surface area contributed by atoms with Crippen molar-refractivity contribution in [2.45, 2.75) is 20.3 Å². The topological polar surface area (TPSA) is 65.0 Å². The van der Waals surface area contributed by atoms with Crippen molar-refractivity contribution in [1.82, 2.24) is 10.2 Å². The average molecular weight is 415 g/mol. The highest BCUT2D eigenvalue weighted by Crippen LogP contribution is 2.26. The fourth-order valence-electron chi connectivity index (χ4n) is 3.07. The van der Waals surface area contributed by atoms with E-state index in [0.717, 1.165) is 42.8 Å². The van der Waals surface area contributed by atoms with Gasteiger partial charge in [-0.2, -0.15) is 0 Å². The maximum Gasteiger partial charge on any atom is 0.193 e. The monoisotopic (exact) mass is 414 g/mol. The van der Waals surface area contributed by atoms with Crippen molar-refractivity contribution in [2.75, 3.05) is 56.7 Å². The van der Waals surface area contributed by atoms with Crippen LogP contribution in [-0.4, -0.2) is 71.1 Å². The van der Waals surface area contributed by atoms with Crippen LogP contribution < -0.4 is 10.2 Å². The number of piperazine rings is 1. The van der Waals surface area contributed by atoms with Gasteiger partial charge in [0.1, 0.15) is 9.84 Å². The smallest absolute Gasteiger partial charge is 0.193 e. The van der Waals surface area contributed by atoms with Crippen LogP contribution in [0.25, 0.3) is 0 Å². The Hall–Kier alpha value is -1.47. The van der Waals surface area contributed by atoms with Crippen molar-refractivity contribution in [2.24, 2.45) is 10.4 Å². The number of benzene rings is 1. The van der Waals surface area contributed by atoms with Crippen molar-refractivity contribution in [3.05, 3.63) is 29.3 Å². The number of rotatable bonds is 6. The number of sulfone groups is 1. The highest BCUT2D eigenvalue weighted by Gasteiger charge is 2.24. The number of hydrogen-bond donors (Lipinski definition) is 1. The van der Waals surface area contributed by atoms with Crippen molar-refractivity contribution in [1.29, 1.82) is 0 Å². The molecule has 0 aliphatic carbocycles. The summed E-state index contributed by atoms with van der Waals surface area (Å²) < 4.78 is 22.8. The van der Waals surface area contributed by atoms with E-state index in [0.29, 0.717) is 13.0 Å². The minimum atomic E-state index is -2.94. The molecule has 6 nitrogen and oxygen atoms in total. The van der Waals surface area contributed by atoms with E-state index in [1.807, 2.05) is 18.2 Å². The third-order valence-electron chi connectivity index (χ3n) is 4.86. The second-order valence-electron chi connectivity index (χ2n) is 7.87. The molecule has 152 valence electrons. The quantitative estimate of drug-likeness (QED) is 0.572. The van der Waals surface area contributed by atoms with Crippen molar-refractivity contribution >= 4 is 33.1 Å². The Bertz CT molecular complexity index is 757. The largest absolute Gasteiger partial charge is 0.367 e. The molecule has 0 atom stereocenters. The molecule has 27 heavy (non-hydrogen) atoms. The molecule has 1 fully saturated rings. The molecule has 0 bridgehead atoms. The summed E-state index contributed by atoms with van der Waals surface area (Å²) in [6, 6.07) is 7.92. The van der Waals surface area contributed by atoms with Gasteiger partial charge in [-0.1, -0.05) is 37.6 Å². The van der Waals surface area contributed by atoms with Gasteiger partial charge >= 0.3 is 0 Å². The Morgan fingerprint density at radius 3 is 2.41 bits per heavy atom. The highest BCUT2D eigenvalue weighted by atomic mass is 35.5. The van der Waals surface area contributed by atoms with Crippen LogP contribution in [0.5, 0.6) is 0 Å². The van der Waals surface area contributed by atoms with Gasteiger partial charge in [0.2, 0.25) is 0 Å². The number of nitrogens with zero attached hydrogens (tertiary/aromatic N) is 3. The molecule has 2 rings (SSSR count). The number of halogens is 1. The molecule has 1 aliphatic rings. The molecule has 1 saturated heterocycles. The van der Waals surface area contributed by atoms with E-state index in [2.05, 4.69) is 40.0 Å². The van der Waals surface area contributed by atoms with E-state index < -0.39 is 9.84 Å². The molecular weight excluding hydrogens is 384 g/mol. The van der Waals surface area contributed by atoms with E-state index >= 15 is 0 Å². The summed E-state index contributed by atoms with van der Waals surface area (Å²) in [5.41, 5.74) is 0.946. The summed E-state index contributed by atoms with van der Waals surface area (Å²) in [6.45, 7) is 8.30. The van der Waals surface area contributed by atoms with Gasteiger partial charge in [-0.05, 0) is 24.0 Å². The van der Waals surface area contributed by atoms with Crippen LogP contribution in [0.15, 0.2) is 29.3 Å². The second kappa shape index (κ2) is 9.15. The molecule has 0 unspecified atom stereocenters. The number of hydrogen-bond acceptors (Lipinski definition) is 4. The van der Waals surface area contributed by atoms with Crippen LogP contribution in [0.1, 0.15) is 20.3 Å². The predicted molar refractivity (Wildman–Crippen MR) is 115 cm³/mol. The molecule has 8 heteroatoms. The van der Waals surface area contributed by atoms with Gasteiger partial charge in [-0.15, -0.1) is 0 Å². The zero-order chi connectivity index (χ0) is 20.1. The maximum absolute atomic E-state index is 11.4. The minimum absolute atomic E-state index is 0.127. The van der Waals surface area contributed by atoms with E-state index in [-0.39, 0.29) is 11.2 Å². The predicted octanol–water partition coefficient (Wildman–Crippen LogP) is 2.50. The summed E-state index contributed by atoms with van der Waals surface area (Å²) in [5.74, 6) is 1.07. The van der Waals surface area contributed by atoms with E-state index in [4.69, 9.17) is 11.6 Å². The average Bonchev–Trinajstić information content (AvgIpc) is 2.61. The van der Waals surface area contributed by atoms with Crippen LogP contribution in [0, 0.1) is 5.41 Å². The Balaban J connectivity index is 1.87. The van der Waals surface area contributed by atoms with E-state index in [9.17, 15) is 8.42 Å². The first-order valence-corrected chi connectivity index (χ1v) is 11.7. The number of anilines is 1. The molecule has 1 aromatic carbocycles. The summed E-state index contributed by atoms with van der Waals surface area (Å²) in [7, 11) is -1.16. The van der Waals surface area contributed by atoms with Gasteiger partial charge in [-0.25, -0.2) is 8.42 Å². The van der Waals surface area contributed by atoms with E-state index in [1.54, 1.807) is 7.05 Å². The van der Waals surface area contributed by atoms with Gasteiger partial charge in [0, 0.05) is 46.0 Å². The third kappa shape index (κ3) is 6.88. The second-order valence-corrected chi connectivity index (χ2v) is 10.5. The lowest BCUT2D eigenvalue weighted by Crippen LogP contribution is -2.53. The van der Waals surface area contributed by atoms with Crippen LogP contribution in [0.3, 0.4) is 0 Å². The minimum Gasteiger partial charge on any atom is -0.367 e. The SMILES string of the molecule is CN=C(NCC(C)(C)CCS(C)(=O)=O)N1CCN(c2ccccc2Cl)CC1. The van der Waals surface area contributed by atoms with Gasteiger partial charge in [0.05, 0.1) is 16.5 Å². The van der Waals surface area contributed by atoms with E-state index in [1.165, 1.54) is 6.26 Å². The van der Waals surface area contributed by atoms with Crippen LogP contribution in [-0.2, 0) is 9.84 Å². The Morgan fingerprint density at radius 1 is 1.22 bits per heavy atom. The van der Waals surface area contributed by atoms with Gasteiger partial charge in [0.15, 0.2) is 5.96 Å². The molecule has 1 aliphatic heterocycles. The lowest BCUT2D eigenvalue weighted by atomic mass is 9.90. The fraction of sp³-hybridized carbons (Fsp3) is 0.632. The number of guanidine groups is 1. The fourth-order valence-corrected chi connectivity index (χ4v) is 4.25. The summed E-state index contributed by atoms with van der Waals surface area (Å²) in [5, 5.41) is 4.20. The van der Waals surface area contributed by atoms with Crippen molar-refractivity contribution in [3.63, 3.8) is 0 Å². The summed E-state index contributed by atoms with van der Waals surface area (Å²) in [4.78, 5) is 8.94. The zero-order valence-electron chi connectivity index (χ0n) is 16.7. The molecule has 0 aromatic heterocycles. The lowest BCUT2D eigenvalue weighted by Gasteiger charge is -2.38. The van der Waals surface area contributed by atoms with Crippen LogP contribution >= 0.6 is 11.6 Å². The van der Waals surface area contributed by atoms with Crippen LogP contribution in [0.4, 0.5) is 5.69 Å². The lowest BCUT2D eigenvalue weighted by molar-refractivity contribution is 0.327. The molecule has 0 saturated carbocycles. The Kier molecular flexibility index (Phi) is 7.40. The molecular formula is C19H31ClN4O2S. The van der Waals surface area contributed by atoms with Crippen molar-refractivity contribution in [3.8, 4) is 0 Å². The van der Waals surface area contributed by atoms with Crippen molar-refractivity contribution < 1.29 is 8.42 Å². The zero-order valence-corrected chi connectivity index (χ0v) is 18.3.